The topological polar surface area (TPSA) is 26.3 Å². The van der Waals surface area contributed by atoms with Gasteiger partial charge < -0.3 is 4.74 Å². The Balaban J connectivity index is 2.71. The highest BCUT2D eigenvalue weighted by molar-refractivity contribution is 6.11. The van der Waals surface area contributed by atoms with Crippen LogP contribution in [0.25, 0.3) is 10.8 Å². The molecule has 0 aliphatic rings. The number of methoxy groups -OCH3 is 1. The lowest BCUT2D eigenvalue weighted by atomic mass is 10.0. The monoisotopic (exact) mass is 254 g/mol. The molecule has 0 radical (unpaired) electrons. The summed E-state index contributed by atoms with van der Waals surface area (Å²) >= 11 is 0. The molecule has 0 bridgehead atoms. The Morgan fingerprint density at radius 1 is 1.06 bits per heavy atom. The molecule has 0 atom stereocenters. The third-order valence-corrected chi connectivity index (χ3v) is 2.61. The zero-order valence-electron chi connectivity index (χ0n) is 9.41. The number of rotatable bonds is 2. The lowest BCUT2D eigenvalue weighted by Gasteiger charge is -2.11. The largest absolute Gasteiger partial charge is 0.496 e. The first-order valence-electron chi connectivity index (χ1n) is 5.12. The molecule has 94 valence electrons. The van der Waals surface area contributed by atoms with E-state index in [1.54, 1.807) is 18.2 Å². The van der Waals surface area contributed by atoms with Gasteiger partial charge in [0.25, 0.3) is 5.78 Å². The summed E-state index contributed by atoms with van der Waals surface area (Å²) < 4.78 is 42.4. The van der Waals surface area contributed by atoms with Crippen LogP contribution < -0.4 is 4.74 Å². The van der Waals surface area contributed by atoms with E-state index in [2.05, 4.69) is 0 Å². The fraction of sp³-hybridized carbons (Fsp3) is 0.154. The van der Waals surface area contributed by atoms with Crippen LogP contribution in [0.5, 0.6) is 5.75 Å². The van der Waals surface area contributed by atoms with Crippen LogP contribution in [-0.4, -0.2) is 19.1 Å². The van der Waals surface area contributed by atoms with Crippen molar-refractivity contribution in [3.05, 3.63) is 42.0 Å². The van der Waals surface area contributed by atoms with Gasteiger partial charge >= 0.3 is 6.18 Å². The van der Waals surface area contributed by atoms with Crippen LogP contribution in [0.15, 0.2) is 36.4 Å². The summed E-state index contributed by atoms with van der Waals surface area (Å²) in [6.07, 6.45) is -4.88. The molecule has 2 aromatic carbocycles. The van der Waals surface area contributed by atoms with Crippen molar-refractivity contribution in [1.82, 2.24) is 0 Å². The lowest BCUT2D eigenvalue weighted by molar-refractivity contribution is -0.0884. The molecule has 0 aliphatic carbocycles. The quantitative estimate of drug-likeness (QED) is 0.765. The molecule has 0 N–H and O–H groups in total. The number of carbonyl (C=O) groups is 1. The molecule has 0 fully saturated rings. The van der Waals surface area contributed by atoms with E-state index in [4.69, 9.17) is 4.74 Å². The van der Waals surface area contributed by atoms with E-state index in [0.29, 0.717) is 11.1 Å². The van der Waals surface area contributed by atoms with E-state index in [0.717, 1.165) is 6.07 Å². The zero-order chi connectivity index (χ0) is 13.3. The molecule has 5 heteroatoms. The van der Waals surface area contributed by atoms with Crippen molar-refractivity contribution >= 4 is 16.6 Å². The second-order valence-electron chi connectivity index (χ2n) is 3.69. The first kappa shape index (κ1) is 12.4. The van der Waals surface area contributed by atoms with Crippen molar-refractivity contribution in [3.8, 4) is 5.75 Å². The molecule has 18 heavy (non-hydrogen) atoms. The van der Waals surface area contributed by atoms with E-state index < -0.39 is 12.0 Å². The van der Waals surface area contributed by atoms with Gasteiger partial charge in [-0.1, -0.05) is 24.3 Å². The molecule has 0 spiro atoms. The summed E-state index contributed by atoms with van der Waals surface area (Å²) in [4.78, 5) is 11.3. The molecule has 0 saturated carbocycles. The molecular formula is C13H9F3O2. The van der Waals surface area contributed by atoms with Crippen LogP contribution >= 0.6 is 0 Å². The summed E-state index contributed by atoms with van der Waals surface area (Å²) in [6.45, 7) is 0. The number of Topliss-reactive ketones (excluding diaryl/α,β-unsaturated/α-hetero) is 1. The minimum atomic E-state index is -4.88. The Kier molecular flexibility index (Phi) is 2.98. The first-order valence-corrected chi connectivity index (χ1v) is 5.12. The van der Waals surface area contributed by atoms with Gasteiger partial charge in [0, 0.05) is 10.9 Å². The third kappa shape index (κ3) is 2.03. The maximum absolute atomic E-state index is 12.5. The minimum absolute atomic E-state index is 0.235. The van der Waals surface area contributed by atoms with Crippen molar-refractivity contribution in [1.29, 1.82) is 0 Å². The second kappa shape index (κ2) is 4.33. The van der Waals surface area contributed by atoms with Gasteiger partial charge in [-0.3, -0.25) is 4.79 Å². The Hall–Kier alpha value is -2.04. The average molecular weight is 254 g/mol. The molecule has 2 aromatic rings. The van der Waals surface area contributed by atoms with Gasteiger partial charge in [-0.15, -0.1) is 0 Å². The normalized spacial score (nSPS) is 11.6. The third-order valence-electron chi connectivity index (χ3n) is 2.61. The van der Waals surface area contributed by atoms with Gasteiger partial charge in [-0.25, -0.2) is 0 Å². The zero-order valence-corrected chi connectivity index (χ0v) is 9.41. The number of halogens is 3. The summed E-state index contributed by atoms with van der Waals surface area (Å²) in [5, 5.41) is 0.717. The van der Waals surface area contributed by atoms with Crippen molar-refractivity contribution < 1.29 is 22.7 Å². The van der Waals surface area contributed by atoms with E-state index >= 15 is 0 Å². The summed E-state index contributed by atoms with van der Waals surface area (Å²) in [5.74, 6) is -1.41. The molecule has 0 aliphatic heterocycles. The average Bonchev–Trinajstić information content (AvgIpc) is 2.35. The van der Waals surface area contributed by atoms with Gasteiger partial charge in [0.1, 0.15) is 5.75 Å². The van der Waals surface area contributed by atoms with Gasteiger partial charge in [-0.2, -0.15) is 13.2 Å². The van der Waals surface area contributed by atoms with E-state index in [9.17, 15) is 18.0 Å². The Morgan fingerprint density at radius 2 is 1.67 bits per heavy atom. The summed E-state index contributed by atoms with van der Waals surface area (Å²) in [6, 6.07) is 8.83. The second-order valence-corrected chi connectivity index (χ2v) is 3.69. The van der Waals surface area contributed by atoms with Crippen molar-refractivity contribution in [2.45, 2.75) is 6.18 Å². The molecular weight excluding hydrogens is 245 g/mol. The van der Waals surface area contributed by atoms with E-state index in [-0.39, 0.29) is 10.9 Å². The van der Waals surface area contributed by atoms with Gasteiger partial charge in [-0.05, 0) is 17.5 Å². The summed E-state index contributed by atoms with van der Waals surface area (Å²) in [5.41, 5.74) is -0.362. The smallest absolute Gasteiger partial charge is 0.454 e. The standard InChI is InChI=1S/C13H9F3O2/c1-18-11-7-6-10(12(17)13(14,15)16)8-4-2-3-5-9(8)11/h2-7H,1H3. The number of ketones is 1. The van der Waals surface area contributed by atoms with Crippen LogP contribution in [0.3, 0.4) is 0 Å². The highest BCUT2D eigenvalue weighted by atomic mass is 19.4. The molecule has 2 nitrogen and oxygen atoms in total. The molecule has 2 rings (SSSR count). The number of benzene rings is 2. The number of hydrogen-bond donors (Lipinski definition) is 0. The van der Waals surface area contributed by atoms with Gasteiger partial charge in [0.2, 0.25) is 0 Å². The highest BCUT2D eigenvalue weighted by Gasteiger charge is 2.40. The predicted molar refractivity (Wildman–Crippen MR) is 60.9 cm³/mol. The maximum atomic E-state index is 12.5. The highest BCUT2D eigenvalue weighted by Crippen LogP contribution is 2.31. The Bertz CT molecular complexity index is 603. The molecule has 0 saturated heterocycles. The molecule has 0 aromatic heterocycles. The summed E-state index contributed by atoms with van der Waals surface area (Å²) in [7, 11) is 1.42. The Labute approximate surface area is 101 Å². The molecule has 0 amide bonds. The van der Waals surface area contributed by atoms with Crippen molar-refractivity contribution in [2.24, 2.45) is 0 Å². The fourth-order valence-corrected chi connectivity index (χ4v) is 1.80. The molecule has 0 unspecified atom stereocenters. The van der Waals surface area contributed by atoms with Crippen molar-refractivity contribution in [3.63, 3.8) is 0 Å². The SMILES string of the molecule is COc1ccc(C(=O)C(F)(F)F)c2ccccc12. The number of hydrogen-bond acceptors (Lipinski definition) is 2. The maximum Gasteiger partial charge on any atom is 0.454 e. The number of alkyl halides is 3. The van der Waals surface area contributed by atoms with Crippen LogP contribution in [0.1, 0.15) is 10.4 Å². The van der Waals surface area contributed by atoms with E-state index in [1.165, 1.54) is 19.2 Å². The van der Waals surface area contributed by atoms with Gasteiger partial charge in [0.05, 0.1) is 7.11 Å². The predicted octanol–water partition coefficient (Wildman–Crippen LogP) is 3.59. The van der Waals surface area contributed by atoms with Gasteiger partial charge in [0.15, 0.2) is 0 Å². The van der Waals surface area contributed by atoms with Crippen molar-refractivity contribution in [2.75, 3.05) is 7.11 Å². The van der Waals surface area contributed by atoms with Crippen LogP contribution in [-0.2, 0) is 0 Å². The van der Waals surface area contributed by atoms with Crippen LogP contribution in [0.2, 0.25) is 0 Å². The number of fused-ring (bicyclic) bond motifs is 1. The fourth-order valence-electron chi connectivity index (χ4n) is 1.80. The minimum Gasteiger partial charge on any atom is -0.496 e. The van der Waals surface area contributed by atoms with E-state index in [1.807, 2.05) is 0 Å². The number of carbonyl (C=O) groups excluding carboxylic acids is 1. The van der Waals surface area contributed by atoms with Crippen LogP contribution in [0.4, 0.5) is 13.2 Å². The first-order chi connectivity index (χ1) is 8.45. The molecule has 0 heterocycles. The van der Waals surface area contributed by atoms with Crippen LogP contribution in [0, 0.1) is 0 Å². The lowest BCUT2D eigenvalue weighted by Crippen LogP contribution is -2.22. The Morgan fingerprint density at radius 3 is 2.22 bits per heavy atom. The number of ether oxygens (including phenoxy) is 1.